The molecular formula is C20H26N6O3S. The van der Waals surface area contributed by atoms with Gasteiger partial charge in [-0.25, -0.2) is 27.9 Å². The zero-order chi connectivity index (χ0) is 21.6. The molecule has 1 unspecified atom stereocenters. The van der Waals surface area contributed by atoms with Crippen molar-refractivity contribution >= 4 is 44.2 Å². The minimum Gasteiger partial charge on any atom is -0.308 e. The number of fused-ring (bicyclic) bond motifs is 1. The number of urea groups is 1. The summed E-state index contributed by atoms with van der Waals surface area (Å²) in [5.74, 6) is 0.240. The molecule has 30 heavy (non-hydrogen) atoms. The lowest BCUT2D eigenvalue weighted by molar-refractivity contribution is 0.256. The molecule has 0 saturated carbocycles. The Labute approximate surface area is 176 Å². The van der Waals surface area contributed by atoms with E-state index in [0.717, 1.165) is 22.7 Å². The minimum atomic E-state index is -3.18. The summed E-state index contributed by atoms with van der Waals surface area (Å²) in [4.78, 5) is 21.1. The Kier molecular flexibility index (Phi) is 7.14. The van der Waals surface area contributed by atoms with Gasteiger partial charge >= 0.3 is 6.03 Å². The first-order valence-corrected chi connectivity index (χ1v) is 11.5. The van der Waals surface area contributed by atoms with Crippen molar-refractivity contribution in [1.82, 2.24) is 15.4 Å². The molecule has 0 spiro atoms. The third-order valence-electron chi connectivity index (χ3n) is 4.39. The second-order valence-electron chi connectivity index (χ2n) is 7.13. The third-order valence-corrected chi connectivity index (χ3v) is 5.12. The highest BCUT2D eigenvalue weighted by Gasteiger charge is 2.17. The highest BCUT2D eigenvalue weighted by molar-refractivity contribution is 7.88. The Bertz CT molecular complexity index is 1080. The van der Waals surface area contributed by atoms with Crippen molar-refractivity contribution in [1.29, 1.82) is 0 Å². The number of aliphatic imine (C=N–C) groups is 2. The molecule has 9 nitrogen and oxygen atoms in total. The molecule has 1 aliphatic heterocycles. The number of hydrogen-bond donors (Lipinski definition) is 4. The molecule has 10 heteroatoms. The molecule has 0 fully saturated rings. The van der Waals surface area contributed by atoms with Crippen LogP contribution in [0.3, 0.4) is 0 Å². The summed E-state index contributed by atoms with van der Waals surface area (Å²) < 4.78 is 24.6. The standard InChI is InChI=1S/C20H26N6O3S/c1-14-12-18(21-10-5-11-22-30(2,28)29)25-19(23-14)26-20(27)24-17-9-8-15-6-3-4-7-16(15)13-17/h3-4,6-9,13,18,21-22H,5,10-12H2,1-2H3,(H2,24,25,26,27). The summed E-state index contributed by atoms with van der Waals surface area (Å²) in [7, 11) is -3.18. The van der Waals surface area contributed by atoms with Crippen LogP contribution >= 0.6 is 0 Å². The van der Waals surface area contributed by atoms with Gasteiger partial charge in [0.05, 0.1) is 6.26 Å². The molecule has 160 valence electrons. The van der Waals surface area contributed by atoms with Crippen molar-refractivity contribution < 1.29 is 13.2 Å². The molecule has 0 radical (unpaired) electrons. The molecule has 2 aromatic carbocycles. The largest absolute Gasteiger partial charge is 0.326 e. The van der Waals surface area contributed by atoms with Gasteiger partial charge in [-0.15, -0.1) is 0 Å². The van der Waals surface area contributed by atoms with Gasteiger partial charge in [0.1, 0.15) is 6.17 Å². The van der Waals surface area contributed by atoms with Gasteiger partial charge in [-0.1, -0.05) is 30.3 Å². The lowest BCUT2D eigenvalue weighted by Crippen LogP contribution is -2.40. The zero-order valence-electron chi connectivity index (χ0n) is 17.0. The number of amides is 2. The second kappa shape index (κ2) is 9.79. The summed E-state index contributed by atoms with van der Waals surface area (Å²) in [5, 5.41) is 10.8. The average Bonchev–Trinajstić information content (AvgIpc) is 2.66. The first-order valence-electron chi connectivity index (χ1n) is 9.65. The number of sulfonamides is 1. The number of anilines is 1. The topological polar surface area (TPSA) is 124 Å². The second-order valence-corrected chi connectivity index (χ2v) is 8.97. The lowest BCUT2D eigenvalue weighted by atomic mass is 10.1. The molecule has 0 saturated heterocycles. The third kappa shape index (κ3) is 6.90. The molecule has 0 aromatic heterocycles. The van der Waals surface area contributed by atoms with Gasteiger partial charge < -0.3 is 5.32 Å². The monoisotopic (exact) mass is 430 g/mol. The first kappa shape index (κ1) is 21.9. The predicted molar refractivity (Wildman–Crippen MR) is 121 cm³/mol. The van der Waals surface area contributed by atoms with Crippen LogP contribution in [0.2, 0.25) is 0 Å². The van der Waals surface area contributed by atoms with E-state index >= 15 is 0 Å². The van der Waals surface area contributed by atoms with E-state index in [0.29, 0.717) is 31.6 Å². The van der Waals surface area contributed by atoms with E-state index in [9.17, 15) is 13.2 Å². The van der Waals surface area contributed by atoms with Gasteiger partial charge in [0, 0.05) is 24.4 Å². The van der Waals surface area contributed by atoms with Crippen molar-refractivity contribution in [3.63, 3.8) is 0 Å². The minimum absolute atomic E-state index is 0.225. The molecule has 0 bridgehead atoms. The van der Waals surface area contributed by atoms with E-state index in [-0.39, 0.29) is 12.1 Å². The fourth-order valence-corrected chi connectivity index (χ4v) is 3.57. The van der Waals surface area contributed by atoms with Crippen molar-refractivity contribution in [2.24, 2.45) is 9.98 Å². The van der Waals surface area contributed by atoms with Crippen LogP contribution in [0.4, 0.5) is 10.5 Å². The number of carbonyl (C=O) groups is 1. The van der Waals surface area contributed by atoms with Crippen LogP contribution in [0.25, 0.3) is 10.8 Å². The maximum absolute atomic E-state index is 12.4. The number of hydrogen-bond acceptors (Lipinski definition) is 6. The Balaban J connectivity index is 1.52. The van der Waals surface area contributed by atoms with E-state index in [1.54, 1.807) is 0 Å². The summed E-state index contributed by atoms with van der Waals surface area (Å²) in [6, 6.07) is 13.2. The van der Waals surface area contributed by atoms with Crippen molar-refractivity contribution in [2.75, 3.05) is 24.7 Å². The van der Waals surface area contributed by atoms with Gasteiger partial charge in [0.2, 0.25) is 16.0 Å². The van der Waals surface area contributed by atoms with E-state index < -0.39 is 16.1 Å². The first-order chi connectivity index (χ1) is 14.3. The molecule has 3 rings (SSSR count). The number of rotatable bonds is 7. The highest BCUT2D eigenvalue weighted by Crippen LogP contribution is 2.18. The van der Waals surface area contributed by atoms with Crippen LogP contribution in [0, 0.1) is 0 Å². The predicted octanol–water partition coefficient (Wildman–Crippen LogP) is 2.04. The maximum atomic E-state index is 12.4. The number of nitrogens with one attached hydrogen (secondary N) is 4. The number of carbonyl (C=O) groups excluding carboxylic acids is 1. The molecular weight excluding hydrogens is 404 g/mol. The molecule has 2 amide bonds. The Hall–Kier alpha value is -2.82. The number of guanidine groups is 1. The van der Waals surface area contributed by atoms with Crippen LogP contribution in [0.5, 0.6) is 0 Å². The Morgan fingerprint density at radius 3 is 2.63 bits per heavy atom. The molecule has 1 atom stereocenters. The zero-order valence-corrected chi connectivity index (χ0v) is 17.8. The fraction of sp³-hybridized carbons (Fsp3) is 0.350. The van der Waals surface area contributed by atoms with Crippen LogP contribution in [-0.2, 0) is 10.0 Å². The SMILES string of the molecule is CC1=NC(NC(=O)Nc2ccc3ccccc3c2)=NC(NCCCNS(C)(=O)=O)C1. The van der Waals surface area contributed by atoms with Gasteiger partial charge in [0.25, 0.3) is 0 Å². The van der Waals surface area contributed by atoms with Crippen molar-refractivity contribution in [3.05, 3.63) is 42.5 Å². The number of nitrogens with zero attached hydrogens (tertiary/aromatic N) is 2. The lowest BCUT2D eigenvalue weighted by Gasteiger charge is -2.20. The van der Waals surface area contributed by atoms with Crippen LogP contribution in [-0.4, -0.2) is 51.6 Å². The quantitative estimate of drug-likeness (QED) is 0.502. The summed E-state index contributed by atoms with van der Waals surface area (Å²) in [6.07, 6.45) is 2.15. The highest BCUT2D eigenvalue weighted by atomic mass is 32.2. The fourth-order valence-electron chi connectivity index (χ4n) is 3.05. The average molecular weight is 431 g/mol. The van der Waals surface area contributed by atoms with E-state index in [1.165, 1.54) is 0 Å². The summed E-state index contributed by atoms with van der Waals surface area (Å²) in [5.41, 5.74) is 1.52. The summed E-state index contributed by atoms with van der Waals surface area (Å²) in [6.45, 7) is 2.81. The van der Waals surface area contributed by atoms with E-state index in [4.69, 9.17) is 0 Å². The maximum Gasteiger partial charge on any atom is 0.326 e. The van der Waals surface area contributed by atoms with Gasteiger partial charge in [-0.2, -0.15) is 0 Å². The smallest absolute Gasteiger partial charge is 0.308 e. The van der Waals surface area contributed by atoms with Gasteiger partial charge in [-0.3, -0.25) is 10.6 Å². The number of benzene rings is 2. The van der Waals surface area contributed by atoms with Crippen molar-refractivity contribution in [2.45, 2.75) is 25.9 Å². The Morgan fingerprint density at radius 1 is 1.10 bits per heavy atom. The molecule has 0 aliphatic carbocycles. The molecule has 1 aliphatic rings. The van der Waals surface area contributed by atoms with Gasteiger partial charge in [0.15, 0.2) is 0 Å². The Morgan fingerprint density at radius 2 is 1.87 bits per heavy atom. The molecule has 1 heterocycles. The van der Waals surface area contributed by atoms with Crippen LogP contribution < -0.4 is 20.7 Å². The van der Waals surface area contributed by atoms with E-state index in [2.05, 4.69) is 30.7 Å². The van der Waals surface area contributed by atoms with Crippen LogP contribution in [0.15, 0.2) is 52.4 Å². The van der Waals surface area contributed by atoms with E-state index in [1.807, 2.05) is 49.4 Å². The summed E-state index contributed by atoms with van der Waals surface area (Å²) >= 11 is 0. The molecule has 2 aromatic rings. The molecule has 4 N–H and O–H groups in total. The van der Waals surface area contributed by atoms with Crippen molar-refractivity contribution in [3.8, 4) is 0 Å². The van der Waals surface area contributed by atoms with Crippen LogP contribution in [0.1, 0.15) is 19.8 Å². The van der Waals surface area contributed by atoms with Gasteiger partial charge in [-0.05, 0) is 42.8 Å². The normalized spacial score (nSPS) is 16.7.